The van der Waals surface area contributed by atoms with Crippen molar-refractivity contribution < 1.29 is 8.78 Å². The highest BCUT2D eigenvalue weighted by atomic mass is 35.5. The Balaban J connectivity index is 2.02. The first-order chi connectivity index (χ1) is 9.06. The minimum Gasteiger partial charge on any atom is -0.306 e. The van der Waals surface area contributed by atoms with Gasteiger partial charge in [0.2, 0.25) is 0 Å². The molecule has 0 heterocycles. The molecular weight excluding hydrogens is 268 g/mol. The molecule has 0 amide bonds. The number of rotatable bonds is 4. The Morgan fingerprint density at radius 3 is 2.37 bits per heavy atom. The van der Waals surface area contributed by atoms with Crippen LogP contribution in [0.15, 0.2) is 42.5 Å². The molecule has 19 heavy (non-hydrogen) atoms. The van der Waals surface area contributed by atoms with Crippen molar-refractivity contribution in [2.24, 2.45) is 0 Å². The number of hydrogen-bond donors (Lipinski definition) is 1. The van der Waals surface area contributed by atoms with Gasteiger partial charge in [0.15, 0.2) is 0 Å². The zero-order valence-electron chi connectivity index (χ0n) is 10.5. The van der Waals surface area contributed by atoms with Crippen LogP contribution in [0.1, 0.15) is 24.1 Å². The second-order valence-corrected chi connectivity index (χ2v) is 4.80. The zero-order chi connectivity index (χ0) is 13.8. The molecule has 0 aromatic heterocycles. The second-order valence-electron chi connectivity index (χ2n) is 4.39. The molecule has 0 aliphatic heterocycles. The van der Waals surface area contributed by atoms with E-state index in [1.165, 1.54) is 30.3 Å². The lowest BCUT2D eigenvalue weighted by atomic mass is 10.1. The summed E-state index contributed by atoms with van der Waals surface area (Å²) in [5, 5.41) is 3.76. The number of halogens is 3. The molecule has 0 aliphatic carbocycles. The Labute approximate surface area is 116 Å². The quantitative estimate of drug-likeness (QED) is 0.872. The van der Waals surface area contributed by atoms with Gasteiger partial charge in [0.05, 0.1) is 0 Å². The van der Waals surface area contributed by atoms with E-state index >= 15 is 0 Å². The lowest BCUT2D eigenvalue weighted by Gasteiger charge is -2.15. The third-order valence-electron chi connectivity index (χ3n) is 2.98. The van der Waals surface area contributed by atoms with Crippen molar-refractivity contribution in [2.75, 3.05) is 0 Å². The van der Waals surface area contributed by atoms with E-state index in [-0.39, 0.29) is 17.7 Å². The van der Waals surface area contributed by atoms with Crippen LogP contribution in [0.5, 0.6) is 0 Å². The second kappa shape index (κ2) is 6.13. The maximum Gasteiger partial charge on any atom is 0.123 e. The fourth-order valence-electron chi connectivity index (χ4n) is 1.81. The molecule has 0 fully saturated rings. The van der Waals surface area contributed by atoms with Crippen LogP contribution in [0.2, 0.25) is 5.02 Å². The van der Waals surface area contributed by atoms with Crippen LogP contribution in [0, 0.1) is 11.6 Å². The van der Waals surface area contributed by atoms with Gasteiger partial charge >= 0.3 is 0 Å². The Bertz CT molecular complexity index is 555. The fraction of sp³-hybridized carbons (Fsp3) is 0.200. The van der Waals surface area contributed by atoms with Gasteiger partial charge in [0.1, 0.15) is 11.6 Å². The first kappa shape index (κ1) is 14.0. The maximum atomic E-state index is 13.1. The minimum absolute atomic E-state index is 0.0277. The summed E-state index contributed by atoms with van der Waals surface area (Å²) in [5.41, 5.74) is 1.67. The lowest BCUT2D eigenvalue weighted by molar-refractivity contribution is 0.566. The third-order valence-corrected chi connectivity index (χ3v) is 3.35. The van der Waals surface area contributed by atoms with E-state index in [9.17, 15) is 8.78 Å². The predicted octanol–water partition coefficient (Wildman–Crippen LogP) is 4.47. The van der Waals surface area contributed by atoms with Gasteiger partial charge in [0, 0.05) is 17.6 Å². The van der Waals surface area contributed by atoms with Gasteiger partial charge in [-0.25, -0.2) is 8.78 Å². The van der Waals surface area contributed by atoms with Crippen molar-refractivity contribution in [1.82, 2.24) is 5.32 Å². The summed E-state index contributed by atoms with van der Waals surface area (Å²) in [5.74, 6) is -0.570. The molecule has 0 saturated heterocycles. The molecular formula is C15H14ClF2N. The molecule has 0 aliphatic rings. The van der Waals surface area contributed by atoms with Gasteiger partial charge in [-0.15, -0.1) is 0 Å². The van der Waals surface area contributed by atoms with E-state index in [0.29, 0.717) is 17.1 Å². The van der Waals surface area contributed by atoms with E-state index in [4.69, 9.17) is 11.6 Å². The summed E-state index contributed by atoms with van der Waals surface area (Å²) in [6.07, 6.45) is 0. The fourth-order valence-corrected chi connectivity index (χ4v) is 2.00. The van der Waals surface area contributed by atoms with Crippen molar-refractivity contribution in [2.45, 2.75) is 19.5 Å². The van der Waals surface area contributed by atoms with Crippen LogP contribution in [-0.2, 0) is 6.54 Å². The molecule has 2 aromatic carbocycles. The summed E-state index contributed by atoms with van der Waals surface area (Å²) >= 11 is 5.99. The molecule has 2 aromatic rings. The van der Waals surface area contributed by atoms with Gasteiger partial charge in [-0.1, -0.05) is 23.7 Å². The summed E-state index contributed by atoms with van der Waals surface area (Å²) < 4.78 is 25.9. The van der Waals surface area contributed by atoms with Gasteiger partial charge in [0.25, 0.3) is 0 Å². The average Bonchev–Trinajstić information content (AvgIpc) is 2.40. The smallest absolute Gasteiger partial charge is 0.123 e. The van der Waals surface area contributed by atoms with Crippen LogP contribution in [-0.4, -0.2) is 0 Å². The highest BCUT2D eigenvalue weighted by Gasteiger charge is 2.07. The van der Waals surface area contributed by atoms with Crippen LogP contribution in [0.3, 0.4) is 0 Å². The highest BCUT2D eigenvalue weighted by Crippen LogP contribution is 2.19. The van der Waals surface area contributed by atoms with E-state index < -0.39 is 0 Å². The van der Waals surface area contributed by atoms with Crippen molar-refractivity contribution in [3.05, 3.63) is 70.2 Å². The highest BCUT2D eigenvalue weighted by molar-refractivity contribution is 6.31. The van der Waals surface area contributed by atoms with E-state index in [0.717, 1.165) is 5.56 Å². The van der Waals surface area contributed by atoms with Crippen molar-refractivity contribution in [3.8, 4) is 0 Å². The zero-order valence-corrected chi connectivity index (χ0v) is 11.2. The average molecular weight is 282 g/mol. The topological polar surface area (TPSA) is 12.0 Å². The summed E-state index contributed by atoms with van der Waals surface area (Å²) in [6.45, 7) is 2.41. The maximum absolute atomic E-state index is 13.1. The number of benzene rings is 2. The summed E-state index contributed by atoms with van der Waals surface area (Å²) in [6, 6.07) is 10.6. The van der Waals surface area contributed by atoms with Crippen LogP contribution < -0.4 is 5.32 Å². The molecule has 0 bridgehead atoms. The molecule has 4 heteroatoms. The molecule has 1 nitrogen and oxygen atoms in total. The number of hydrogen-bond acceptors (Lipinski definition) is 1. The van der Waals surface area contributed by atoms with E-state index in [2.05, 4.69) is 5.32 Å². The number of nitrogens with one attached hydrogen (secondary N) is 1. The lowest BCUT2D eigenvalue weighted by Crippen LogP contribution is -2.18. The first-order valence-corrected chi connectivity index (χ1v) is 6.37. The molecule has 1 N–H and O–H groups in total. The normalized spacial score (nSPS) is 12.4. The Morgan fingerprint density at radius 1 is 1.05 bits per heavy atom. The van der Waals surface area contributed by atoms with Crippen LogP contribution >= 0.6 is 11.6 Å². The van der Waals surface area contributed by atoms with Crippen LogP contribution in [0.25, 0.3) is 0 Å². The van der Waals surface area contributed by atoms with Crippen molar-refractivity contribution in [3.63, 3.8) is 0 Å². The first-order valence-electron chi connectivity index (χ1n) is 5.99. The molecule has 0 saturated carbocycles. The third kappa shape index (κ3) is 3.75. The largest absolute Gasteiger partial charge is 0.306 e. The van der Waals surface area contributed by atoms with Crippen molar-refractivity contribution >= 4 is 11.6 Å². The Morgan fingerprint density at radius 2 is 1.68 bits per heavy atom. The molecule has 1 atom stereocenters. The predicted molar refractivity (Wildman–Crippen MR) is 73.1 cm³/mol. The molecule has 100 valence electrons. The summed E-state index contributed by atoms with van der Waals surface area (Å²) in [4.78, 5) is 0. The van der Waals surface area contributed by atoms with Gasteiger partial charge < -0.3 is 5.32 Å². The van der Waals surface area contributed by atoms with Crippen LogP contribution in [0.4, 0.5) is 8.78 Å². The van der Waals surface area contributed by atoms with E-state index in [1.807, 2.05) is 6.92 Å². The molecule has 0 radical (unpaired) electrons. The summed E-state index contributed by atoms with van der Waals surface area (Å²) in [7, 11) is 0. The standard InChI is InChI=1S/C15H14ClF2N/c1-10(11-2-4-13(17)5-3-11)19-9-12-8-14(18)6-7-15(12)16/h2-8,10,19H,9H2,1H3/t10-/m0/s1. The van der Waals surface area contributed by atoms with Gasteiger partial charge in [-0.2, -0.15) is 0 Å². The molecule has 2 rings (SSSR count). The van der Waals surface area contributed by atoms with Gasteiger partial charge in [-0.3, -0.25) is 0 Å². The van der Waals surface area contributed by atoms with Crippen molar-refractivity contribution in [1.29, 1.82) is 0 Å². The SMILES string of the molecule is C[C@H](NCc1cc(F)ccc1Cl)c1ccc(F)cc1. The molecule has 0 unspecified atom stereocenters. The minimum atomic E-state index is -0.310. The monoisotopic (exact) mass is 281 g/mol. The van der Waals surface area contributed by atoms with E-state index in [1.54, 1.807) is 12.1 Å². The Kier molecular flexibility index (Phi) is 4.51. The van der Waals surface area contributed by atoms with Gasteiger partial charge in [-0.05, 0) is 48.4 Å². The Hall–Kier alpha value is -1.45. The molecule has 0 spiro atoms.